The molecule has 138 valence electrons. The summed E-state index contributed by atoms with van der Waals surface area (Å²) in [5.41, 5.74) is 2.95. The van der Waals surface area contributed by atoms with E-state index in [2.05, 4.69) is 32.0 Å². The van der Waals surface area contributed by atoms with Crippen molar-refractivity contribution in [3.8, 4) is 22.9 Å². The number of benzene rings is 2. The molecule has 0 aliphatic rings. The van der Waals surface area contributed by atoms with Gasteiger partial charge in [-0.1, -0.05) is 76.6 Å². The van der Waals surface area contributed by atoms with Gasteiger partial charge in [-0.25, -0.2) is 0 Å². The molecule has 0 aliphatic carbocycles. The first-order valence-electron chi connectivity index (χ1n) is 9.96. The van der Waals surface area contributed by atoms with Crippen LogP contribution in [0.5, 0.6) is 5.75 Å². The van der Waals surface area contributed by atoms with Crippen molar-refractivity contribution >= 4 is 0 Å². The normalized spacial score (nSPS) is 11.7. The largest absolute Gasteiger partial charge is 0.494 e. The van der Waals surface area contributed by atoms with Crippen LogP contribution in [-0.2, 0) is 0 Å². The molecular formula is C24H31NO. The molecule has 0 aliphatic heterocycles. The average molecular weight is 350 g/mol. The van der Waals surface area contributed by atoms with E-state index in [-0.39, 0.29) is 0 Å². The molecule has 0 radical (unpaired) electrons. The summed E-state index contributed by atoms with van der Waals surface area (Å²) in [7, 11) is 0. The van der Waals surface area contributed by atoms with E-state index in [4.69, 9.17) is 10.00 Å². The summed E-state index contributed by atoms with van der Waals surface area (Å²) < 4.78 is 5.86. The lowest BCUT2D eigenvalue weighted by molar-refractivity contribution is 0.302. The second-order valence-corrected chi connectivity index (χ2v) is 7.16. The molecule has 0 aromatic heterocycles. The van der Waals surface area contributed by atoms with Crippen molar-refractivity contribution in [1.82, 2.24) is 0 Å². The second-order valence-electron chi connectivity index (χ2n) is 7.16. The maximum absolute atomic E-state index is 8.87. The van der Waals surface area contributed by atoms with E-state index in [1.165, 1.54) is 38.5 Å². The van der Waals surface area contributed by atoms with Gasteiger partial charge in [0.25, 0.3) is 0 Å². The average Bonchev–Trinajstić information content (AvgIpc) is 2.69. The molecule has 0 bridgehead atoms. The third-order valence-corrected chi connectivity index (χ3v) is 4.86. The zero-order valence-corrected chi connectivity index (χ0v) is 16.2. The van der Waals surface area contributed by atoms with Crippen molar-refractivity contribution in [2.45, 2.75) is 58.8 Å². The van der Waals surface area contributed by atoms with Gasteiger partial charge >= 0.3 is 0 Å². The Bertz CT molecular complexity index is 667. The van der Waals surface area contributed by atoms with Crippen LogP contribution >= 0.6 is 0 Å². The van der Waals surface area contributed by atoms with Gasteiger partial charge in [0.2, 0.25) is 0 Å². The predicted molar refractivity (Wildman–Crippen MR) is 109 cm³/mol. The first-order valence-corrected chi connectivity index (χ1v) is 9.96. The van der Waals surface area contributed by atoms with Crippen molar-refractivity contribution in [2.24, 2.45) is 5.92 Å². The minimum atomic E-state index is 0.688. The number of nitriles is 1. The van der Waals surface area contributed by atoms with Gasteiger partial charge in [-0.2, -0.15) is 5.26 Å². The van der Waals surface area contributed by atoms with E-state index >= 15 is 0 Å². The molecule has 0 amide bonds. The maximum Gasteiger partial charge on any atom is 0.119 e. The van der Waals surface area contributed by atoms with Crippen LogP contribution in [0, 0.1) is 17.2 Å². The van der Waals surface area contributed by atoms with Crippen LogP contribution in [0.1, 0.15) is 64.4 Å². The standard InChI is InChI=1S/C24H31NO/c1-3-4-8-20(2)9-6-5-7-18-26-24-16-14-23(15-17-24)22-12-10-21(19-25)11-13-22/h10-17,20H,3-9,18H2,1-2H3. The van der Waals surface area contributed by atoms with Gasteiger partial charge in [0, 0.05) is 0 Å². The van der Waals surface area contributed by atoms with Crippen LogP contribution in [0.25, 0.3) is 11.1 Å². The van der Waals surface area contributed by atoms with Crippen LogP contribution < -0.4 is 4.74 Å². The van der Waals surface area contributed by atoms with Gasteiger partial charge in [0.15, 0.2) is 0 Å². The summed E-state index contributed by atoms with van der Waals surface area (Å²) in [5, 5.41) is 8.87. The highest BCUT2D eigenvalue weighted by atomic mass is 16.5. The van der Waals surface area contributed by atoms with E-state index in [1.807, 2.05) is 36.4 Å². The molecule has 1 unspecified atom stereocenters. The summed E-state index contributed by atoms with van der Waals surface area (Å²) in [5.74, 6) is 1.80. The van der Waals surface area contributed by atoms with Gasteiger partial charge < -0.3 is 4.74 Å². The van der Waals surface area contributed by atoms with Gasteiger partial charge in [0.1, 0.15) is 5.75 Å². The fourth-order valence-electron chi connectivity index (χ4n) is 3.14. The fourth-order valence-corrected chi connectivity index (χ4v) is 3.14. The number of nitrogens with zero attached hydrogens (tertiary/aromatic N) is 1. The first-order chi connectivity index (χ1) is 12.7. The Hall–Kier alpha value is -2.27. The van der Waals surface area contributed by atoms with Gasteiger partial charge in [0.05, 0.1) is 18.2 Å². The minimum Gasteiger partial charge on any atom is -0.494 e. The van der Waals surface area contributed by atoms with Crippen molar-refractivity contribution in [3.63, 3.8) is 0 Å². The summed E-state index contributed by atoms with van der Waals surface area (Å²) in [6, 6.07) is 18.0. The summed E-state index contributed by atoms with van der Waals surface area (Å²) in [6.07, 6.45) is 9.08. The first kappa shape index (κ1) is 20.0. The molecule has 0 saturated heterocycles. The molecule has 0 saturated carbocycles. The Morgan fingerprint density at radius 2 is 1.46 bits per heavy atom. The van der Waals surface area contributed by atoms with Crippen molar-refractivity contribution < 1.29 is 4.74 Å². The lowest BCUT2D eigenvalue weighted by Gasteiger charge is -2.11. The van der Waals surface area contributed by atoms with Crippen LogP contribution in [0.4, 0.5) is 0 Å². The molecule has 1 atom stereocenters. The summed E-state index contributed by atoms with van der Waals surface area (Å²) in [6.45, 7) is 5.43. The molecule has 2 nitrogen and oxygen atoms in total. The lowest BCUT2D eigenvalue weighted by Crippen LogP contribution is -1.99. The van der Waals surface area contributed by atoms with Crippen molar-refractivity contribution in [1.29, 1.82) is 5.26 Å². The number of unbranched alkanes of at least 4 members (excludes halogenated alkanes) is 3. The Kier molecular flexibility index (Phi) is 8.76. The topological polar surface area (TPSA) is 33.0 Å². The molecule has 2 aromatic rings. The van der Waals surface area contributed by atoms with Crippen molar-refractivity contribution in [3.05, 3.63) is 54.1 Å². The third kappa shape index (κ3) is 6.92. The number of hydrogen-bond donors (Lipinski definition) is 0. The number of rotatable bonds is 11. The predicted octanol–water partition coefficient (Wildman–Crippen LogP) is 6.99. The number of ether oxygens (including phenoxy) is 1. The summed E-state index contributed by atoms with van der Waals surface area (Å²) >= 11 is 0. The molecule has 0 spiro atoms. The lowest BCUT2D eigenvalue weighted by atomic mass is 9.98. The maximum atomic E-state index is 8.87. The monoisotopic (exact) mass is 349 g/mol. The van der Waals surface area contributed by atoms with Gasteiger partial charge in [-0.15, -0.1) is 0 Å². The molecule has 0 N–H and O–H groups in total. The van der Waals surface area contributed by atoms with Crippen LogP contribution in [0.3, 0.4) is 0 Å². The second kappa shape index (κ2) is 11.4. The molecule has 26 heavy (non-hydrogen) atoms. The van der Waals surface area contributed by atoms with E-state index < -0.39 is 0 Å². The SMILES string of the molecule is CCCCC(C)CCCCCOc1ccc(-c2ccc(C#N)cc2)cc1. The van der Waals surface area contributed by atoms with E-state index in [0.717, 1.165) is 35.8 Å². The Balaban J connectivity index is 1.67. The van der Waals surface area contributed by atoms with Crippen molar-refractivity contribution in [2.75, 3.05) is 6.61 Å². The molecular weight excluding hydrogens is 318 g/mol. The van der Waals surface area contributed by atoms with E-state index in [9.17, 15) is 0 Å². The van der Waals surface area contributed by atoms with Crippen LogP contribution in [-0.4, -0.2) is 6.61 Å². The number of hydrogen-bond acceptors (Lipinski definition) is 2. The molecule has 2 aromatic carbocycles. The summed E-state index contributed by atoms with van der Waals surface area (Å²) in [4.78, 5) is 0. The smallest absolute Gasteiger partial charge is 0.119 e. The highest BCUT2D eigenvalue weighted by molar-refractivity contribution is 5.64. The zero-order valence-electron chi connectivity index (χ0n) is 16.2. The van der Waals surface area contributed by atoms with Crippen LogP contribution in [0.15, 0.2) is 48.5 Å². The van der Waals surface area contributed by atoms with Gasteiger partial charge in [-0.05, 0) is 47.7 Å². The molecule has 2 heteroatoms. The van der Waals surface area contributed by atoms with Gasteiger partial charge in [-0.3, -0.25) is 0 Å². The highest BCUT2D eigenvalue weighted by Gasteiger charge is 2.02. The van der Waals surface area contributed by atoms with Crippen LogP contribution in [0.2, 0.25) is 0 Å². The minimum absolute atomic E-state index is 0.688. The molecule has 0 fully saturated rings. The molecule has 0 heterocycles. The Labute approximate surface area is 158 Å². The van der Waals surface area contributed by atoms with E-state index in [1.54, 1.807) is 0 Å². The fraction of sp³-hybridized carbons (Fsp3) is 0.458. The Morgan fingerprint density at radius 3 is 2.08 bits per heavy atom. The quantitative estimate of drug-likeness (QED) is 0.409. The Morgan fingerprint density at radius 1 is 0.846 bits per heavy atom. The molecule has 2 rings (SSSR count). The third-order valence-electron chi connectivity index (χ3n) is 4.86. The zero-order chi connectivity index (χ0) is 18.6. The van der Waals surface area contributed by atoms with E-state index in [0.29, 0.717) is 5.56 Å². The highest BCUT2D eigenvalue weighted by Crippen LogP contribution is 2.23.